The minimum absolute atomic E-state index is 0.0905. The second-order valence-corrected chi connectivity index (χ2v) is 10.6. The molecule has 0 saturated carbocycles. The molecule has 3 aliphatic rings. The first-order valence-corrected chi connectivity index (χ1v) is 12.6. The first kappa shape index (κ1) is 26.1. The normalized spacial score (nSPS) is 31.0. The van der Waals surface area contributed by atoms with E-state index in [0.717, 1.165) is 45.3 Å². The number of ether oxygens (including phenoxy) is 2. The molecular weight excluding hydrogens is 422 g/mol. The number of piperidine rings is 1. The molecule has 0 aliphatic carbocycles. The fraction of sp³-hybridized carbons (Fsp3) is 0.880. The average molecular weight is 466 g/mol. The monoisotopic (exact) mass is 465 g/mol. The molecule has 1 unspecified atom stereocenters. The summed E-state index contributed by atoms with van der Waals surface area (Å²) in [5.74, 6) is -1.10. The van der Waals surface area contributed by atoms with Crippen molar-refractivity contribution < 1.29 is 23.9 Å². The van der Waals surface area contributed by atoms with E-state index in [2.05, 4.69) is 16.8 Å². The van der Waals surface area contributed by atoms with Gasteiger partial charge in [-0.15, -0.1) is 0 Å². The Morgan fingerprint density at radius 2 is 1.70 bits per heavy atom. The fourth-order valence-corrected chi connectivity index (χ4v) is 5.36. The van der Waals surface area contributed by atoms with Gasteiger partial charge in [-0.25, -0.2) is 0 Å². The lowest BCUT2D eigenvalue weighted by Crippen LogP contribution is -2.58. The number of carbonyl (C=O) groups excluding carboxylic acids is 3. The van der Waals surface area contributed by atoms with Gasteiger partial charge >= 0.3 is 5.97 Å². The molecule has 188 valence electrons. The summed E-state index contributed by atoms with van der Waals surface area (Å²) in [6, 6.07) is 0. The second-order valence-electron chi connectivity index (χ2n) is 10.6. The van der Waals surface area contributed by atoms with E-state index in [4.69, 9.17) is 9.47 Å². The Kier molecular flexibility index (Phi) is 8.92. The van der Waals surface area contributed by atoms with Gasteiger partial charge in [-0.1, -0.05) is 0 Å². The number of hydrogen-bond acceptors (Lipinski definition) is 7. The number of hydrogen-bond donors (Lipinski definition) is 0. The van der Waals surface area contributed by atoms with E-state index in [1.54, 1.807) is 14.0 Å². The van der Waals surface area contributed by atoms with Crippen molar-refractivity contribution in [2.24, 2.45) is 5.92 Å². The number of ketones is 1. The van der Waals surface area contributed by atoms with Gasteiger partial charge in [0.1, 0.15) is 18.3 Å². The van der Waals surface area contributed by atoms with Gasteiger partial charge in [0.15, 0.2) is 0 Å². The molecule has 3 rings (SSSR count). The van der Waals surface area contributed by atoms with Gasteiger partial charge in [-0.05, 0) is 85.5 Å². The number of rotatable bonds is 3. The van der Waals surface area contributed by atoms with Gasteiger partial charge in [0.2, 0.25) is 5.91 Å². The van der Waals surface area contributed by atoms with Gasteiger partial charge < -0.3 is 14.4 Å². The van der Waals surface area contributed by atoms with Crippen molar-refractivity contribution in [1.29, 1.82) is 0 Å². The molecule has 0 aromatic carbocycles. The van der Waals surface area contributed by atoms with Gasteiger partial charge in [-0.2, -0.15) is 0 Å². The SMILES string of the molecule is CO[C@]1(C)CCCN(C)C2(CCN(C(=O)CN3CCCC3)CC2)COC(=O)C(C)C(=O)CC1. The maximum Gasteiger partial charge on any atom is 0.316 e. The number of methoxy groups -OCH3 is 1. The average Bonchev–Trinajstić information content (AvgIpc) is 3.33. The summed E-state index contributed by atoms with van der Waals surface area (Å²) in [6.45, 7) is 8.66. The molecule has 0 bridgehead atoms. The molecule has 1 spiro atoms. The maximum absolute atomic E-state index is 12.8. The highest BCUT2D eigenvalue weighted by molar-refractivity contribution is 5.98. The molecule has 33 heavy (non-hydrogen) atoms. The molecule has 0 N–H and O–H groups in total. The Morgan fingerprint density at radius 3 is 2.33 bits per heavy atom. The number of carbonyl (C=O) groups is 3. The van der Waals surface area contributed by atoms with Crippen molar-refractivity contribution in [2.45, 2.75) is 76.4 Å². The highest BCUT2D eigenvalue weighted by atomic mass is 16.5. The van der Waals surface area contributed by atoms with Crippen LogP contribution in [-0.4, -0.2) is 104 Å². The Labute approximate surface area is 198 Å². The third-order valence-corrected chi connectivity index (χ3v) is 8.33. The van der Waals surface area contributed by atoms with Crippen molar-refractivity contribution in [3.8, 4) is 0 Å². The first-order valence-electron chi connectivity index (χ1n) is 12.6. The third kappa shape index (κ3) is 6.55. The Morgan fingerprint density at radius 1 is 1.03 bits per heavy atom. The Bertz CT molecular complexity index is 700. The zero-order valence-electron chi connectivity index (χ0n) is 21.1. The molecular formula is C25H43N3O5. The van der Waals surface area contributed by atoms with Crippen LogP contribution in [0.4, 0.5) is 0 Å². The van der Waals surface area contributed by atoms with E-state index in [-0.39, 0.29) is 29.4 Å². The number of cyclic esters (lactones) is 1. The van der Waals surface area contributed by atoms with Crippen LogP contribution in [-0.2, 0) is 23.9 Å². The molecule has 8 nitrogen and oxygen atoms in total. The molecule has 3 heterocycles. The molecule has 0 aromatic heterocycles. The van der Waals surface area contributed by atoms with Gasteiger partial charge in [0.25, 0.3) is 0 Å². The number of Topliss-reactive ketones (excluding diaryl/α,β-unsaturated/α-hetero) is 1. The van der Waals surface area contributed by atoms with Crippen molar-refractivity contribution in [2.75, 3.05) is 60.0 Å². The molecule has 2 atom stereocenters. The smallest absolute Gasteiger partial charge is 0.316 e. The molecule has 0 radical (unpaired) electrons. The van der Waals surface area contributed by atoms with E-state index >= 15 is 0 Å². The van der Waals surface area contributed by atoms with E-state index in [1.165, 1.54) is 12.8 Å². The van der Waals surface area contributed by atoms with Crippen LogP contribution in [0.3, 0.4) is 0 Å². The molecule has 3 fully saturated rings. The van der Waals surface area contributed by atoms with Crippen LogP contribution >= 0.6 is 0 Å². The molecule has 0 aromatic rings. The topological polar surface area (TPSA) is 79.4 Å². The zero-order chi connectivity index (χ0) is 24.1. The lowest BCUT2D eigenvalue weighted by Gasteiger charge is -2.47. The number of likely N-dealkylation sites (N-methyl/N-ethyl adjacent to an activating group) is 1. The zero-order valence-corrected chi connectivity index (χ0v) is 21.1. The van der Waals surface area contributed by atoms with Crippen LogP contribution in [0, 0.1) is 5.92 Å². The molecule has 8 heteroatoms. The van der Waals surface area contributed by atoms with Crippen LogP contribution in [0.25, 0.3) is 0 Å². The van der Waals surface area contributed by atoms with Gasteiger partial charge in [0, 0.05) is 26.6 Å². The van der Waals surface area contributed by atoms with Gasteiger partial charge in [0.05, 0.1) is 17.7 Å². The predicted molar refractivity (Wildman–Crippen MR) is 126 cm³/mol. The van der Waals surface area contributed by atoms with Crippen molar-refractivity contribution in [3.63, 3.8) is 0 Å². The number of amides is 1. The number of likely N-dealkylation sites (tertiary alicyclic amines) is 2. The maximum atomic E-state index is 12.8. The standard InChI is InChI=1S/C25H43N3O5/c1-20-21(29)8-10-24(2,32-4)9-7-13-26(3)25(19-33-23(20)31)11-16-28(17-12-25)22(30)18-27-14-5-6-15-27/h20H,5-19H2,1-4H3/t20?,24-/m1/s1. The summed E-state index contributed by atoms with van der Waals surface area (Å²) in [6.07, 6.45) is 6.56. The lowest BCUT2D eigenvalue weighted by atomic mass is 9.86. The Balaban J connectivity index is 1.68. The minimum atomic E-state index is -0.767. The van der Waals surface area contributed by atoms with Gasteiger partial charge in [-0.3, -0.25) is 24.2 Å². The van der Waals surface area contributed by atoms with Crippen molar-refractivity contribution in [3.05, 3.63) is 0 Å². The lowest BCUT2D eigenvalue weighted by molar-refractivity contribution is -0.157. The predicted octanol–water partition coefficient (Wildman–Crippen LogP) is 2.10. The van der Waals surface area contributed by atoms with Crippen LogP contribution in [0.15, 0.2) is 0 Å². The number of esters is 1. The highest BCUT2D eigenvalue weighted by Gasteiger charge is 2.41. The summed E-state index contributed by atoms with van der Waals surface area (Å²) < 4.78 is 11.5. The third-order valence-electron chi connectivity index (χ3n) is 8.33. The summed E-state index contributed by atoms with van der Waals surface area (Å²) in [5, 5.41) is 0. The van der Waals surface area contributed by atoms with Crippen LogP contribution in [0.5, 0.6) is 0 Å². The molecule has 3 aliphatic heterocycles. The first-order chi connectivity index (χ1) is 15.7. The van der Waals surface area contributed by atoms with Crippen molar-refractivity contribution >= 4 is 17.7 Å². The molecule has 1 amide bonds. The summed E-state index contributed by atoms with van der Waals surface area (Å²) in [5.41, 5.74) is -0.701. The van der Waals surface area contributed by atoms with E-state index in [1.807, 2.05) is 11.8 Å². The van der Waals surface area contributed by atoms with E-state index in [9.17, 15) is 14.4 Å². The highest BCUT2D eigenvalue weighted by Crippen LogP contribution is 2.32. The van der Waals surface area contributed by atoms with Crippen LogP contribution < -0.4 is 0 Å². The van der Waals surface area contributed by atoms with E-state index in [0.29, 0.717) is 32.5 Å². The van der Waals surface area contributed by atoms with Crippen LogP contribution in [0.2, 0.25) is 0 Å². The minimum Gasteiger partial charge on any atom is -0.463 e. The Hall–Kier alpha value is -1.51. The number of nitrogens with zero attached hydrogens (tertiary/aromatic N) is 3. The quantitative estimate of drug-likeness (QED) is 0.466. The summed E-state index contributed by atoms with van der Waals surface area (Å²) in [4.78, 5) is 44.6. The van der Waals surface area contributed by atoms with E-state index < -0.39 is 11.9 Å². The summed E-state index contributed by atoms with van der Waals surface area (Å²) >= 11 is 0. The van der Waals surface area contributed by atoms with Crippen LogP contribution in [0.1, 0.15) is 65.2 Å². The fourth-order valence-electron chi connectivity index (χ4n) is 5.36. The van der Waals surface area contributed by atoms with Crippen molar-refractivity contribution in [1.82, 2.24) is 14.7 Å². The molecule has 3 saturated heterocycles. The summed E-state index contributed by atoms with van der Waals surface area (Å²) in [7, 11) is 3.79. The second kappa shape index (κ2) is 11.3. The largest absolute Gasteiger partial charge is 0.463 e.